The smallest absolute Gasteiger partial charge is 0.255 e. The lowest BCUT2D eigenvalue weighted by Gasteiger charge is -2.27. The van der Waals surface area contributed by atoms with Crippen molar-refractivity contribution >= 4 is 23.4 Å². The Kier molecular flexibility index (Phi) is 9.40. The number of fused-ring (bicyclic) bond motifs is 1. The van der Waals surface area contributed by atoms with Gasteiger partial charge >= 0.3 is 0 Å². The average molecular weight is 593 g/mol. The van der Waals surface area contributed by atoms with Gasteiger partial charge in [-0.3, -0.25) is 9.59 Å². The fraction of sp³-hybridized carbons (Fsp3) is 0.438. The molecule has 1 saturated carbocycles. The molecular weight excluding hydrogens is 556 g/mol. The number of methoxy groups -OCH3 is 2. The van der Waals surface area contributed by atoms with E-state index in [-0.39, 0.29) is 18.4 Å². The van der Waals surface area contributed by atoms with Gasteiger partial charge in [-0.1, -0.05) is 35.9 Å². The van der Waals surface area contributed by atoms with Crippen LogP contribution in [0.5, 0.6) is 5.75 Å². The number of ether oxygens (including phenoxy) is 2. The number of hydrogen-bond acceptors (Lipinski definition) is 7. The molecule has 0 unspecified atom stereocenters. The summed E-state index contributed by atoms with van der Waals surface area (Å²) >= 11 is 6.53. The van der Waals surface area contributed by atoms with E-state index in [0.29, 0.717) is 46.2 Å². The lowest BCUT2D eigenvalue weighted by molar-refractivity contribution is -0.126. The fourth-order valence-corrected chi connectivity index (χ4v) is 6.04. The average Bonchev–Trinajstić information content (AvgIpc) is 3.35. The van der Waals surface area contributed by atoms with Gasteiger partial charge in [0.2, 0.25) is 5.91 Å². The van der Waals surface area contributed by atoms with Crippen LogP contribution in [-0.4, -0.2) is 64.8 Å². The van der Waals surface area contributed by atoms with E-state index >= 15 is 0 Å². The molecule has 5 rings (SSSR count). The molecule has 1 aliphatic heterocycles. The molecule has 2 N–H and O–H groups in total. The molecule has 1 aliphatic carbocycles. The number of aliphatic hydroxyl groups excluding tert-OH is 1. The largest absolute Gasteiger partial charge is 0.497 e. The van der Waals surface area contributed by atoms with Gasteiger partial charge in [-0.05, 0) is 67.9 Å². The van der Waals surface area contributed by atoms with Crippen LogP contribution in [0, 0.1) is 5.92 Å². The molecule has 0 bridgehead atoms. The number of nitrogens with zero attached hydrogens (tertiary/aromatic N) is 3. The Balaban J connectivity index is 1.28. The third-order valence-corrected chi connectivity index (χ3v) is 8.73. The van der Waals surface area contributed by atoms with E-state index in [1.807, 2.05) is 18.2 Å². The molecule has 222 valence electrons. The maximum Gasteiger partial charge on any atom is 0.255 e. The SMILES string of the molecule is COc1cccc([C@@H](CO)NC(=O)[C@@H](C)N2Cc3ccc(-c4nc(CC5CCC(OC)CC5)ncc4Cl)cc3C2=O)c1. The van der Waals surface area contributed by atoms with E-state index in [4.69, 9.17) is 26.1 Å². The third-order valence-electron chi connectivity index (χ3n) is 8.45. The van der Waals surface area contributed by atoms with Crippen molar-refractivity contribution in [3.8, 4) is 17.0 Å². The zero-order valence-corrected chi connectivity index (χ0v) is 24.9. The predicted octanol–water partition coefficient (Wildman–Crippen LogP) is 4.75. The summed E-state index contributed by atoms with van der Waals surface area (Å²) in [5, 5.41) is 13.3. The summed E-state index contributed by atoms with van der Waals surface area (Å²) < 4.78 is 10.8. The van der Waals surface area contributed by atoms with Crippen molar-refractivity contribution in [2.45, 2.75) is 63.8 Å². The second-order valence-electron chi connectivity index (χ2n) is 11.1. The van der Waals surface area contributed by atoms with Gasteiger partial charge in [-0.25, -0.2) is 9.97 Å². The molecule has 0 radical (unpaired) electrons. The Hall–Kier alpha value is -3.53. The molecule has 3 aromatic rings. The number of amides is 2. The second-order valence-corrected chi connectivity index (χ2v) is 11.5. The molecule has 9 nitrogen and oxygen atoms in total. The molecule has 2 aliphatic rings. The van der Waals surface area contributed by atoms with Crippen LogP contribution in [0.2, 0.25) is 5.02 Å². The first-order valence-electron chi connectivity index (χ1n) is 14.3. The van der Waals surface area contributed by atoms with Crippen molar-refractivity contribution in [2.75, 3.05) is 20.8 Å². The normalized spacial score (nSPS) is 19.7. The van der Waals surface area contributed by atoms with Crippen LogP contribution >= 0.6 is 11.6 Å². The maximum atomic E-state index is 13.5. The Morgan fingerprint density at radius 1 is 1.17 bits per heavy atom. The summed E-state index contributed by atoms with van der Waals surface area (Å²) in [5.41, 5.74) is 3.39. The van der Waals surface area contributed by atoms with Crippen LogP contribution < -0.4 is 10.1 Å². The fourth-order valence-electron chi connectivity index (χ4n) is 5.84. The van der Waals surface area contributed by atoms with E-state index in [2.05, 4.69) is 10.3 Å². The van der Waals surface area contributed by atoms with Crippen LogP contribution in [0.1, 0.15) is 66.0 Å². The molecule has 10 heteroatoms. The van der Waals surface area contributed by atoms with Gasteiger partial charge in [0.15, 0.2) is 0 Å². The minimum Gasteiger partial charge on any atom is -0.497 e. The highest BCUT2D eigenvalue weighted by Crippen LogP contribution is 2.33. The van der Waals surface area contributed by atoms with Crippen molar-refractivity contribution in [2.24, 2.45) is 5.92 Å². The standard InChI is InChI=1S/C32H37ClN4O5/c1-19(31(39)35-28(18-38)21-5-4-6-25(14-21)42-3)37-17-23-10-9-22(15-26(23)32(37)40)30-27(33)16-34-29(36-30)13-20-7-11-24(41-2)12-8-20/h4-6,9-10,14-16,19-20,24,28,38H,7-8,11-13,17-18H2,1-3H3,(H,35,39)/t19-,20?,24?,28-/m1/s1. The first kappa shape index (κ1) is 29.9. The van der Waals surface area contributed by atoms with Crippen LogP contribution in [-0.2, 0) is 22.5 Å². The number of aliphatic hydroxyl groups is 1. The number of carbonyl (C=O) groups excluding carboxylic acids is 2. The molecule has 42 heavy (non-hydrogen) atoms. The summed E-state index contributed by atoms with van der Waals surface area (Å²) in [7, 11) is 3.33. The van der Waals surface area contributed by atoms with E-state index in [0.717, 1.165) is 49.1 Å². The topological polar surface area (TPSA) is 114 Å². The van der Waals surface area contributed by atoms with E-state index in [1.165, 1.54) is 4.90 Å². The molecule has 0 spiro atoms. The molecule has 1 aromatic heterocycles. The molecule has 2 atom stereocenters. The van der Waals surface area contributed by atoms with E-state index < -0.39 is 12.1 Å². The van der Waals surface area contributed by atoms with Gasteiger partial charge in [0.1, 0.15) is 17.6 Å². The van der Waals surface area contributed by atoms with Crippen molar-refractivity contribution in [3.05, 3.63) is 76.2 Å². The summed E-state index contributed by atoms with van der Waals surface area (Å²) in [4.78, 5) is 37.5. The number of rotatable bonds is 10. The third kappa shape index (κ3) is 6.43. The predicted molar refractivity (Wildman–Crippen MR) is 159 cm³/mol. The summed E-state index contributed by atoms with van der Waals surface area (Å²) in [5.74, 6) is 1.27. The molecule has 2 heterocycles. The van der Waals surface area contributed by atoms with Crippen molar-refractivity contribution in [1.82, 2.24) is 20.2 Å². The first-order valence-corrected chi connectivity index (χ1v) is 14.7. The maximum absolute atomic E-state index is 13.5. The highest BCUT2D eigenvalue weighted by atomic mass is 35.5. The number of carbonyl (C=O) groups is 2. The highest BCUT2D eigenvalue weighted by molar-refractivity contribution is 6.32. The number of nitrogens with one attached hydrogen (secondary N) is 1. The summed E-state index contributed by atoms with van der Waals surface area (Å²) in [6, 6.07) is 11.4. The monoisotopic (exact) mass is 592 g/mol. The minimum atomic E-state index is -0.754. The van der Waals surface area contributed by atoms with Gasteiger partial charge < -0.3 is 24.8 Å². The Morgan fingerprint density at radius 3 is 2.67 bits per heavy atom. The van der Waals surface area contributed by atoms with Crippen molar-refractivity contribution in [1.29, 1.82) is 0 Å². The second kappa shape index (κ2) is 13.2. The van der Waals surface area contributed by atoms with Crippen LogP contribution in [0.4, 0.5) is 0 Å². The number of aromatic nitrogens is 2. The van der Waals surface area contributed by atoms with Crippen LogP contribution in [0.25, 0.3) is 11.3 Å². The summed E-state index contributed by atoms with van der Waals surface area (Å²) in [6.45, 7) is 1.70. The van der Waals surface area contributed by atoms with Crippen LogP contribution in [0.15, 0.2) is 48.7 Å². The van der Waals surface area contributed by atoms with Gasteiger partial charge in [0.25, 0.3) is 5.91 Å². The van der Waals surface area contributed by atoms with Crippen molar-refractivity contribution < 1.29 is 24.2 Å². The zero-order valence-electron chi connectivity index (χ0n) is 24.2. The molecular formula is C32H37ClN4O5. The lowest BCUT2D eigenvalue weighted by Crippen LogP contribution is -2.46. The molecule has 2 amide bonds. The van der Waals surface area contributed by atoms with Gasteiger partial charge in [-0.15, -0.1) is 0 Å². The summed E-state index contributed by atoms with van der Waals surface area (Å²) in [6.07, 6.45) is 6.99. The zero-order chi connectivity index (χ0) is 29.8. The van der Waals surface area contributed by atoms with Crippen LogP contribution in [0.3, 0.4) is 0 Å². The van der Waals surface area contributed by atoms with E-state index in [1.54, 1.807) is 51.6 Å². The van der Waals surface area contributed by atoms with Gasteiger partial charge in [0, 0.05) is 37.4 Å². The quantitative estimate of drug-likeness (QED) is 0.349. The Morgan fingerprint density at radius 2 is 1.95 bits per heavy atom. The minimum absolute atomic E-state index is 0.239. The number of halogens is 1. The number of hydrogen-bond donors (Lipinski definition) is 2. The first-order chi connectivity index (χ1) is 20.3. The molecule has 2 aromatic carbocycles. The molecule has 1 fully saturated rings. The Labute approximate surface area is 251 Å². The van der Waals surface area contributed by atoms with Crippen molar-refractivity contribution in [3.63, 3.8) is 0 Å². The number of benzene rings is 2. The molecule has 0 saturated heterocycles. The van der Waals surface area contributed by atoms with E-state index in [9.17, 15) is 14.7 Å². The van der Waals surface area contributed by atoms with Gasteiger partial charge in [-0.2, -0.15) is 0 Å². The Bertz CT molecular complexity index is 1440. The highest BCUT2D eigenvalue weighted by Gasteiger charge is 2.35. The van der Waals surface area contributed by atoms with Gasteiger partial charge in [0.05, 0.1) is 36.6 Å². The lowest BCUT2D eigenvalue weighted by atomic mass is 9.85.